The smallest absolute Gasteiger partial charge is 0.184 e. The van der Waals surface area contributed by atoms with Crippen molar-refractivity contribution in [2.75, 3.05) is 11.9 Å². The van der Waals surface area contributed by atoms with Gasteiger partial charge in [-0.3, -0.25) is 0 Å². The van der Waals surface area contributed by atoms with Gasteiger partial charge < -0.3 is 53.4 Å². The third-order valence-electron chi connectivity index (χ3n) is 20.5. The number of fused-ring (bicyclic) bond motifs is 4. The van der Waals surface area contributed by atoms with Crippen LogP contribution in [0.3, 0.4) is 0 Å². The highest BCUT2D eigenvalue weighted by Crippen LogP contribution is 2.51. The largest absolute Gasteiger partial charge is 0.508 e. The molecule has 0 aromatic heterocycles. The summed E-state index contributed by atoms with van der Waals surface area (Å²) in [6.45, 7) is 20.5. The predicted octanol–water partition coefficient (Wildman–Crippen LogP) is 19.7. The Bertz CT molecular complexity index is 3950. The second kappa shape index (κ2) is 29.4. The van der Waals surface area contributed by atoms with E-state index in [0.29, 0.717) is 25.0 Å². The van der Waals surface area contributed by atoms with Gasteiger partial charge in [-0.15, -0.1) is 0 Å². The van der Waals surface area contributed by atoms with Crippen molar-refractivity contribution >= 4 is 27.2 Å². The molecule has 11 nitrogen and oxygen atoms in total. The van der Waals surface area contributed by atoms with Crippen molar-refractivity contribution in [3.05, 3.63) is 238 Å². The maximum Gasteiger partial charge on any atom is 0.184 e. The Morgan fingerprint density at radius 1 is 0.638 bits per heavy atom. The Morgan fingerprint density at radius 3 is 1.84 bits per heavy atom. The van der Waals surface area contributed by atoms with Gasteiger partial charge in [-0.2, -0.15) is 0 Å². The van der Waals surface area contributed by atoms with Crippen molar-refractivity contribution in [3.8, 4) is 17.2 Å². The van der Waals surface area contributed by atoms with E-state index in [0.717, 1.165) is 116 Å². The molecule has 3 fully saturated rings. The van der Waals surface area contributed by atoms with Crippen LogP contribution in [0.2, 0.25) is 0 Å². The highest BCUT2D eigenvalue weighted by Gasteiger charge is 2.41. The lowest BCUT2D eigenvalue weighted by molar-refractivity contribution is -0.255. The molecule has 11 heteroatoms. The second-order valence-electron chi connectivity index (χ2n) is 28.0. The molecule has 12 rings (SSSR count). The van der Waals surface area contributed by atoms with Crippen molar-refractivity contribution in [2.24, 2.45) is 0 Å². The summed E-state index contributed by atoms with van der Waals surface area (Å²) in [5, 5.41) is 37.5. The van der Waals surface area contributed by atoms with E-state index in [2.05, 4.69) is 170 Å². The molecule has 4 aliphatic heterocycles. The minimum Gasteiger partial charge on any atom is -0.508 e. The van der Waals surface area contributed by atoms with E-state index in [4.69, 9.17) is 39.7 Å². The zero-order valence-corrected chi connectivity index (χ0v) is 56.4. The SMILES string of the molecule is C=C(/C=C/C1=C(Oc2cccc(C3OC(CCC)CC(CC(O)CCCC4CC(CCCC5CC(CC)OC(c6cccc(O)c6)O5)OC(c5cccc(O)c5)O4)O3)c2)C(=C/C=C2/N(C)c3ccc4ccccc4c3C2(C)C)/CC1)C(C)(C)c1c(C)ccc2ccccc12. The van der Waals surface area contributed by atoms with Gasteiger partial charge in [-0.25, -0.2) is 0 Å². The average Bonchev–Trinajstić information content (AvgIpc) is 1.55. The highest BCUT2D eigenvalue weighted by molar-refractivity contribution is 5.95. The minimum absolute atomic E-state index is 0.00912. The van der Waals surface area contributed by atoms with E-state index >= 15 is 0 Å². The number of aliphatic hydroxyl groups excluding tert-OH is 1. The van der Waals surface area contributed by atoms with Gasteiger partial charge in [0.2, 0.25) is 0 Å². The molecule has 10 atom stereocenters. The van der Waals surface area contributed by atoms with E-state index < -0.39 is 25.0 Å². The van der Waals surface area contributed by atoms with Crippen LogP contribution in [0.15, 0.2) is 205 Å². The van der Waals surface area contributed by atoms with Crippen LogP contribution in [-0.4, -0.2) is 65.1 Å². The van der Waals surface area contributed by atoms with Crippen LogP contribution in [0.5, 0.6) is 17.2 Å². The Morgan fingerprint density at radius 2 is 1.19 bits per heavy atom. The van der Waals surface area contributed by atoms with Crippen LogP contribution in [0, 0.1) is 6.92 Å². The molecule has 4 heterocycles. The monoisotopic (exact) mass is 1270 g/mol. The van der Waals surface area contributed by atoms with E-state index in [9.17, 15) is 15.3 Å². The maximum atomic E-state index is 11.8. The first-order valence-corrected chi connectivity index (χ1v) is 34.7. The minimum atomic E-state index is -0.642. The number of likely N-dealkylation sites (N-methyl/N-ethyl adjacent to an activating group) is 1. The Kier molecular flexibility index (Phi) is 20.8. The summed E-state index contributed by atoms with van der Waals surface area (Å²) in [6, 6.07) is 48.7. The number of aromatic hydroxyl groups is 2. The molecular formula is C83H97NO10. The van der Waals surface area contributed by atoms with E-state index in [1.54, 1.807) is 24.3 Å². The fourth-order valence-corrected chi connectivity index (χ4v) is 15.4. The third kappa shape index (κ3) is 15.0. The average molecular weight is 1270 g/mol. The van der Waals surface area contributed by atoms with E-state index in [1.807, 2.05) is 36.4 Å². The maximum absolute atomic E-state index is 11.8. The first-order chi connectivity index (χ1) is 45.4. The molecule has 1 aliphatic carbocycles. The second-order valence-corrected chi connectivity index (χ2v) is 28.0. The van der Waals surface area contributed by atoms with Gasteiger partial charge in [0.25, 0.3) is 0 Å². The van der Waals surface area contributed by atoms with Crippen molar-refractivity contribution < 1.29 is 48.5 Å². The number of hydrogen-bond acceptors (Lipinski definition) is 11. The number of aliphatic hydroxyl groups is 1. The Balaban J connectivity index is 0.730. The number of aryl methyl sites for hydroxylation is 1. The summed E-state index contributed by atoms with van der Waals surface area (Å²) in [6.07, 6.45) is 18.0. The fraction of sp³-hybridized carbons (Fsp3) is 0.422. The highest BCUT2D eigenvalue weighted by atomic mass is 16.7. The summed E-state index contributed by atoms with van der Waals surface area (Å²) >= 11 is 0. The molecule has 7 aromatic carbocycles. The van der Waals surface area contributed by atoms with Crippen LogP contribution < -0.4 is 9.64 Å². The fourth-order valence-electron chi connectivity index (χ4n) is 15.4. The van der Waals surface area contributed by atoms with E-state index in [-0.39, 0.29) is 59.0 Å². The quantitative estimate of drug-likeness (QED) is 0.0530. The number of allylic oxidation sites excluding steroid dienone is 8. The molecule has 0 bridgehead atoms. The van der Waals surface area contributed by atoms with Gasteiger partial charge in [0.05, 0.1) is 42.7 Å². The lowest BCUT2D eigenvalue weighted by Crippen LogP contribution is -2.36. The van der Waals surface area contributed by atoms with E-state index in [1.165, 1.54) is 49.6 Å². The molecular weight excluding hydrogens is 1170 g/mol. The van der Waals surface area contributed by atoms with Gasteiger partial charge in [0.15, 0.2) is 18.9 Å². The molecule has 3 saturated heterocycles. The Hall–Kier alpha value is -7.32. The molecule has 10 unspecified atom stereocenters. The lowest BCUT2D eigenvalue weighted by atomic mass is 9.74. The number of rotatable bonds is 23. The third-order valence-corrected chi connectivity index (χ3v) is 20.5. The molecule has 0 spiro atoms. The van der Waals surface area contributed by atoms with Crippen LogP contribution in [-0.2, 0) is 39.3 Å². The van der Waals surface area contributed by atoms with Gasteiger partial charge in [0.1, 0.15) is 23.0 Å². The molecule has 0 saturated carbocycles. The molecule has 0 radical (unpaired) electrons. The number of phenols is 2. The zero-order valence-electron chi connectivity index (χ0n) is 56.4. The first-order valence-electron chi connectivity index (χ1n) is 34.7. The van der Waals surface area contributed by atoms with Crippen LogP contribution >= 0.6 is 0 Å². The molecule has 3 N–H and O–H groups in total. The molecule has 7 aromatic rings. The van der Waals surface area contributed by atoms with Crippen molar-refractivity contribution in [1.82, 2.24) is 0 Å². The summed E-state index contributed by atoms with van der Waals surface area (Å²) in [4.78, 5) is 2.35. The summed E-state index contributed by atoms with van der Waals surface area (Å²) < 4.78 is 46.9. The summed E-state index contributed by atoms with van der Waals surface area (Å²) in [5.41, 5.74) is 11.5. The van der Waals surface area contributed by atoms with Crippen molar-refractivity contribution in [1.29, 1.82) is 0 Å². The Labute approximate surface area is 557 Å². The standard InChI is InChI=1S/C83H97NO10/c1-10-21-66-52-71(49-64(87)29-19-31-69-51-70(93-80(92-69)60-25-17-28-63(86)47-60)33-20-32-68-50-65(11-2)89-79(91-68)59-24-16-27-62(85)46-59)94-81(90-66)61-26-18-30-67(48-61)88-78-57(39-37-54(4)82(5,6)76-53(3)36-38-55-22-12-14-34-72(55)76)40-41-58(78)43-45-75-83(7,8)77-73-35-15-13-23-56(73)42-44-74(77)84(75)9/h12-18,22-28,30,34-39,42-48,64-66,68-71,79-81,85-87H,4,10-11,19-21,29,31-33,40-41,49-52H2,1-3,5-9H3/b39-37+,58-43+,75-45+. The number of benzene rings is 7. The topological polar surface area (TPSA) is 129 Å². The van der Waals surface area contributed by atoms with Gasteiger partial charge >= 0.3 is 0 Å². The van der Waals surface area contributed by atoms with Crippen LogP contribution in [0.1, 0.15) is 190 Å². The van der Waals surface area contributed by atoms with Gasteiger partial charge in [-0.1, -0.05) is 176 Å². The summed E-state index contributed by atoms with van der Waals surface area (Å²) in [5.74, 6) is 1.90. The normalized spacial score (nSPS) is 25.2. The van der Waals surface area contributed by atoms with Gasteiger partial charge in [-0.05, 0) is 181 Å². The molecule has 494 valence electrons. The van der Waals surface area contributed by atoms with Gasteiger partial charge in [0, 0.05) is 65.2 Å². The summed E-state index contributed by atoms with van der Waals surface area (Å²) in [7, 11) is 2.18. The van der Waals surface area contributed by atoms with Crippen molar-refractivity contribution in [2.45, 2.75) is 217 Å². The van der Waals surface area contributed by atoms with Crippen LogP contribution in [0.25, 0.3) is 21.5 Å². The molecule has 94 heavy (non-hydrogen) atoms. The number of phenolic OH excluding ortho intramolecular Hbond substituents is 2. The molecule has 0 amide bonds. The zero-order chi connectivity index (χ0) is 65.7. The number of hydrogen-bond donors (Lipinski definition) is 3. The number of ether oxygens (including phenoxy) is 7. The predicted molar refractivity (Wildman–Crippen MR) is 376 cm³/mol. The lowest BCUT2D eigenvalue weighted by Gasteiger charge is -2.38. The van der Waals surface area contributed by atoms with Crippen molar-refractivity contribution in [3.63, 3.8) is 0 Å². The molecule has 5 aliphatic rings. The number of anilines is 1. The first kappa shape index (κ1) is 66.7. The van der Waals surface area contributed by atoms with Crippen LogP contribution in [0.4, 0.5) is 5.69 Å². The number of nitrogens with zero attached hydrogens (tertiary/aromatic N) is 1.